The zero-order valence-corrected chi connectivity index (χ0v) is 7.83. The molecule has 4 nitrogen and oxygen atoms in total. The summed E-state index contributed by atoms with van der Waals surface area (Å²) in [6.45, 7) is 0.543. The molecule has 13 heavy (non-hydrogen) atoms. The molecule has 0 radical (unpaired) electrons. The van der Waals surface area contributed by atoms with Crippen LogP contribution < -0.4 is 10.6 Å². The van der Waals surface area contributed by atoms with Gasteiger partial charge in [-0.15, -0.1) is 11.3 Å². The van der Waals surface area contributed by atoms with Gasteiger partial charge in [0.1, 0.15) is 4.88 Å². The number of nitrogens with one attached hydrogen (secondary N) is 2. The van der Waals surface area contributed by atoms with Gasteiger partial charge in [0.2, 0.25) is 0 Å². The zero-order valence-electron chi connectivity index (χ0n) is 7.01. The van der Waals surface area contributed by atoms with Crippen LogP contribution in [0, 0.1) is 0 Å². The number of carbonyl (C=O) groups is 2. The second-order valence-electron chi connectivity index (χ2n) is 2.73. The van der Waals surface area contributed by atoms with Gasteiger partial charge < -0.3 is 10.6 Å². The van der Waals surface area contributed by atoms with Crippen molar-refractivity contribution < 1.29 is 9.59 Å². The van der Waals surface area contributed by atoms with Crippen molar-refractivity contribution in [3.8, 4) is 0 Å². The number of thiophene rings is 1. The summed E-state index contributed by atoms with van der Waals surface area (Å²) in [5, 5.41) is 7.03. The summed E-state index contributed by atoms with van der Waals surface area (Å²) >= 11 is 1.32. The summed E-state index contributed by atoms with van der Waals surface area (Å²) in [5.41, 5.74) is 1.47. The largest absolute Gasteiger partial charge is 0.354 e. The number of fused-ring (bicyclic) bond motifs is 1. The Hall–Kier alpha value is -1.36. The fourth-order valence-corrected chi connectivity index (χ4v) is 2.33. The van der Waals surface area contributed by atoms with Crippen molar-refractivity contribution in [1.29, 1.82) is 0 Å². The summed E-state index contributed by atoms with van der Waals surface area (Å²) in [6, 6.07) is 0. The molecular weight excluding hydrogens is 188 g/mol. The van der Waals surface area contributed by atoms with Crippen molar-refractivity contribution in [3.63, 3.8) is 0 Å². The number of amides is 2. The molecule has 0 aromatic carbocycles. The van der Waals surface area contributed by atoms with Gasteiger partial charge in [-0.25, -0.2) is 0 Å². The van der Waals surface area contributed by atoms with Gasteiger partial charge in [0.15, 0.2) is 0 Å². The van der Waals surface area contributed by atoms with Gasteiger partial charge in [0.05, 0.1) is 5.56 Å². The molecule has 0 aliphatic carbocycles. The van der Waals surface area contributed by atoms with Crippen molar-refractivity contribution >= 4 is 23.2 Å². The third kappa shape index (κ3) is 1.12. The van der Waals surface area contributed by atoms with Gasteiger partial charge in [-0.05, 0) is 10.9 Å². The van der Waals surface area contributed by atoms with E-state index in [0.717, 1.165) is 5.56 Å². The van der Waals surface area contributed by atoms with Crippen LogP contribution in [-0.2, 0) is 6.54 Å². The minimum absolute atomic E-state index is 0.144. The van der Waals surface area contributed by atoms with Crippen molar-refractivity contribution in [2.75, 3.05) is 7.05 Å². The Morgan fingerprint density at radius 3 is 3.15 bits per heavy atom. The number of hydrogen-bond acceptors (Lipinski definition) is 3. The number of rotatable bonds is 1. The van der Waals surface area contributed by atoms with Gasteiger partial charge in [-0.2, -0.15) is 0 Å². The van der Waals surface area contributed by atoms with Gasteiger partial charge in [-0.3, -0.25) is 9.59 Å². The molecule has 0 spiro atoms. The van der Waals surface area contributed by atoms with Gasteiger partial charge in [0.25, 0.3) is 11.8 Å². The van der Waals surface area contributed by atoms with E-state index in [9.17, 15) is 9.59 Å². The minimum atomic E-state index is -0.191. The topological polar surface area (TPSA) is 58.2 Å². The van der Waals surface area contributed by atoms with Crippen LogP contribution in [0.15, 0.2) is 5.38 Å². The van der Waals surface area contributed by atoms with Crippen molar-refractivity contribution in [2.24, 2.45) is 0 Å². The smallest absolute Gasteiger partial charge is 0.261 e. The lowest BCUT2D eigenvalue weighted by molar-refractivity contribution is 0.0935. The molecule has 68 valence electrons. The third-order valence-electron chi connectivity index (χ3n) is 1.97. The molecule has 5 heteroatoms. The Labute approximate surface area is 78.9 Å². The Kier molecular flexibility index (Phi) is 1.81. The number of hydrogen-bond donors (Lipinski definition) is 2. The first-order valence-corrected chi connectivity index (χ1v) is 4.72. The molecular formula is C8H8N2O2S. The lowest BCUT2D eigenvalue weighted by Crippen LogP contribution is -2.21. The highest BCUT2D eigenvalue weighted by Gasteiger charge is 2.27. The van der Waals surface area contributed by atoms with Crippen LogP contribution in [0.1, 0.15) is 25.6 Å². The fraction of sp³-hybridized carbons (Fsp3) is 0.250. The molecule has 0 saturated heterocycles. The summed E-state index contributed by atoms with van der Waals surface area (Å²) < 4.78 is 0. The molecule has 1 aromatic rings. The average molecular weight is 196 g/mol. The number of carbonyl (C=O) groups excluding carboxylic acids is 2. The Bertz CT molecular complexity index is 383. The van der Waals surface area contributed by atoms with Crippen LogP contribution in [0.3, 0.4) is 0 Å². The highest BCUT2D eigenvalue weighted by Crippen LogP contribution is 2.26. The monoisotopic (exact) mass is 196 g/mol. The van der Waals surface area contributed by atoms with Crippen LogP contribution in [0.2, 0.25) is 0 Å². The molecule has 0 bridgehead atoms. The van der Waals surface area contributed by atoms with Crippen LogP contribution in [-0.4, -0.2) is 18.9 Å². The maximum absolute atomic E-state index is 11.3. The molecule has 1 aromatic heterocycles. The second-order valence-corrected chi connectivity index (χ2v) is 3.61. The van der Waals surface area contributed by atoms with E-state index in [1.54, 1.807) is 7.05 Å². The second kappa shape index (κ2) is 2.85. The quantitative estimate of drug-likeness (QED) is 0.681. The van der Waals surface area contributed by atoms with E-state index >= 15 is 0 Å². The summed E-state index contributed by atoms with van der Waals surface area (Å²) in [5.74, 6) is -0.335. The summed E-state index contributed by atoms with van der Waals surface area (Å²) in [4.78, 5) is 23.1. The van der Waals surface area contributed by atoms with Crippen LogP contribution >= 0.6 is 11.3 Å². The van der Waals surface area contributed by atoms with Crippen LogP contribution in [0.5, 0.6) is 0 Å². The molecule has 0 fully saturated rings. The van der Waals surface area contributed by atoms with Gasteiger partial charge in [0, 0.05) is 13.6 Å². The molecule has 0 saturated carbocycles. The lowest BCUT2D eigenvalue weighted by Gasteiger charge is -1.96. The SMILES string of the molecule is CNC(=O)c1scc2c1C(=O)NC2. The maximum atomic E-state index is 11.3. The maximum Gasteiger partial charge on any atom is 0.261 e. The van der Waals surface area contributed by atoms with E-state index in [-0.39, 0.29) is 11.8 Å². The third-order valence-corrected chi connectivity index (χ3v) is 2.99. The average Bonchev–Trinajstić information content (AvgIpc) is 2.68. The molecule has 0 unspecified atom stereocenters. The first-order chi connectivity index (χ1) is 6.24. The van der Waals surface area contributed by atoms with Crippen molar-refractivity contribution in [1.82, 2.24) is 10.6 Å². The lowest BCUT2D eigenvalue weighted by atomic mass is 10.2. The van der Waals surface area contributed by atoms with E-state index in [1.165, 1.54) is 11.3 Å². The summed E-state index contributed by atoms with van der Waals surface area (Å²) in [7, 11) is 1.56. The van der Waals surface area contributed by atoms with Crippen LogP contribution in [0.4, 0.5) is 0 Å². The summed E-state index contributed by atoms with van der Waals surface area (Å²) in [6.07, 6.45) is 0. The van der Waals surface area contributed by atoms with Gasteiger partial charge in [-0.1, -0.05) is 0 Å². The Morgan fingerprint density at radius 1 is 1.69 bits per heavy atom. The predicted octanol–water partition coefficient (Wildman–Crippen LogP) is 0.351. The van der Waals surface area contributed by atoms with Crippen LogP contribution in [0.25, 0.3) is 0 Å². The molecule has 2 heterocycles. The Balaban J connectivity index is 2.49. The first-order valence-electron chi connectivity index (χ1n) is 3.84. The van der Waals surface area contributed by atoms with Crippen molar-refractivity contribution in [2.45, 2.75) is 6.54 Å². The van der Waals surface area contributed by atoms with E-state index in [1.807, 2.05) is 5.38 Å². The Morgan fingerprint density at radius 2 is 2.46 bits per heavy atom. The predicted molar refractivity (Wildman–Crippen MR) is 48.9 cm³/mol. The molecule has 2 rings (SSSR count). The fourth-order valence-electron chi connectivity index (χ4n) is 1.32. The zero-order chi connectivity index (χ0) is 9.42. The molecule has 2 N–H and O–H groups in total. The van der Waals surface area contributed by atoms with Gasteiger partial charge >= 0.3 is 0 Å². The van der Waals surface area contributed by atoms with E-state index in [4.69, 9.17) is 0 Å². The highest BCUT2D eigenvalue weighted by atomic mass is 32.1. The highest BCUT2D eigenvalue weighted by molar-refractivity contribution is 7.12. The normalized spacial score (nSPS) is 13.8. The standard InChI is InChI=1S/C8H8N2O2S/c1-9-8(12)6-5-4(3-13-6)2-10-7(5)11/h3H,2H2,1H3,(H,9,12)(H,10,11). The van der Waals surface area contributed by atoms with Crippen molar-refractivity contribution in [3.05, 3.63) is 21.4 Å². The van der Waals surface area contributed by atoms with E-state index in [2.05, 4.69) is 10.6 Å². The molecule has 2 amide bonds. The van der Waals surface area contributed by atoms with E-state index in [0.29, 0.717) is 17.0 Å². The minimum Gasteiger partial charge on any atom is -0.354 e. The molecule has 0 atom stereocenters. The molecule has 1 aliphatic rings. The molecule has 1 aliphatic heterocycles. The van der Waals surface area contributed by atoms with E-state index < -0.39 is 0 Å². The first kappa shape index (κ1) is 8.25.